The molecule has 0 spiro atoms. The van der Waals surface area contributed by atoms with Gasteiger partial charge in [-0.15, -0.1) is 10.2 Å². The summed E-state index contributed by atoms with van der Waals surface area (Å²) in [5.74, 6) is -0.494. The van der Waals surface area contributed by atoms with Crippen LogP contribution in [0.4, 0.5) is 5.13 Å². The van der Waals surface area contributed by atoms with E-state index in [0.717, 1.165) is 46.4 Å². The fourth-order valence-electron chi connectivity index (χ4n) is 3.34. The first-order valence-corrected chi connectivity index (χ1v) is 10.9. The maximum Gasteiger partial charge on any atom is 0.268 e. The molecule has 2 heterocycles. The highest BCUT2D eigenvalue weighted by atomic mass is 32.1. The number of rotatable bonds is 7. The van der Waals surface area contributed by atoms with Crippen LogP contribution in [-0.4, -0.2) is 20.7 Å². The molecule has 7 heteroatoms. The first-order chi connectivity index (χ1) is 15.2. The summed E-state index contributed by atoms with van der Waals surface area (Å²) in [4.78, 5) is 12.7. The highest BCUT2D eigenvalue weighted by molar-refractivity contribution is 7.15. The third-order valence-corrected chi connectivity index (χ3v) is 5.79. The van der Waals surface area contributed by atoms with Gasteiger partial charge in [0.2, 0.25) is 5.13 Å². The molecule has 4 aromatic rings. The molecule has 0 bridgehead atoms. The molecule has 0 saturated carbocycles. The number of aromatic nitrogens is 3. The number of hydrogen-bond acceptors (Lipinski definition) is 5. The minimum absolute atomic E-state index is 0.00509. The minimum atomic E-state index is -0.494. The van der Waals surface area contributed by atoms with E-state index in [9.17, 15) is 10.1 Å². The van der Waals surface area contributed by atoms with Gasteiger partial charge in [0.25, 0.3) is 5.91 Å². The molecule has 31 heavy (non-hydrogen) atoms. The number of nitriles is 1. The largest absolute Gasteiger partial charge is 0.317 e. The lowest BCUT2D eigenvalue weighted by atomic mass is 10.1. The highest BCUT2D eigenvalue weighted by Crippen LogP contribution is 2.25. The molecule has 0 unspecified atom stereocenters. The summed E-state index contributed by atoms with van der Waals surface area (Å²) < 4.78 is 1.97. The summed E-state index contributed by atoms with van der Waals surface area (Å²) in [6, 6.07) is 20.0. The van der Waals surface area contributed by atoms with E-state index >= 15 is 0 Å². The zero-order chi connectivity index (χ0) is 21.6. The van der Waals surface area contributed by atoms with Gasteiger partial charge in [0.05, 0.1) is 5.69 Å². The number of fused-ring (bicyclic) bond motifs is 1. The smallest absolute Gasteiger partial charge is 0.268 e. The van der Waals surface area contributed by atoms with Gasteiger partial charge in [-0.2, -0.15) is 5.26 Å². The zero-order valence-electron chi connectivity index (χ0n) is 17.1. The van der Waals surface area contributed by atoms with Crippen molar-refractivity contribution in [3.05, 3.63) is 77.1 Å². The number of nitrogens with one attached hydrogen (secondary N) is 1. The molecule has 0 atom stereocenters. The molecule has 6 nitrogen and oxygen atoms in total. The van der Waals surface area contributed by atoms with Crippen LogP contribution in [0, 0.1) is 11.3 Å². The van der Waals surface area contributed by atoms with E-state index in [2.05, 4.69) is 40.6 Å². The molecule has 2 aromatic heterocycles. The molecule has 1 amide bonds. The molecular weight excluding hydrogens is 406 g/mol. The average molecular weight is 428 g/mol. The lowest BCUT2D eigenvalue weighted by molar-refractivity contribution is -0.112. The second kappa shape index (κ2) is 9.37. The number of unbranched alkanes of at least 4 members (excludes halogenated alkanes) is 1. The normalized spacial score (nSPS) is 11.4. The van der Waals surface area contributed by atoms with E-state index in [1.165, 1.54) is 11.3 Å². The van der Waals surface area contributed by atoms with Crippen LogP contribution in [0.2, 0.25) is 0 Å². The number of carbonyl (C=O) groups excluding carboxylic acids is 1. The Labute approximate surface area is 184 Å². The quantitative estimate of drug-likeness (QED) is 0.317. The summed E-state index contributed by atoms with van der Waals surface area (Å²) >= 11 is 1.34. The molecule has 2 aromatic carbocycles. The van der Waals surface area contributed by atoms with Crippen LogP contribution in [-0.2, 0) is 11.2 Å². The fourth-order valence-corrected chi connectivity index (χ4v) is 4.12. The fraction of sp³-hybridized carbons (Fsp3) is 0.167. The molecular formula is C24H21N5OS. The van der Waals surface area contributed by atoms with Crippen LogP contribution in [0.15, 0.2) is 66.4 Å². The third-order valence-electron chi connectivity index (χ3n) is 4.90. The molecule has 1 N–H and O–H groups in total. The van der Waals surface area contributed by atoms with Crippen molar-refractivity contribution in [3.63, 3.8) is 0 Å². The number of anilines is 1. The topological polar surface area (TPSA) is 83.6 Å². The van der Waals surface area contributed by atoms with Gasteiger partial charge in [0, 0.05) is 23.7 Å². The van der Waals surface area contributed by atoms with Gasteiger partial charge < -0.3 is 4.57 Å². The van der Waals surface area contributed by atoms with Crippen molar-refractivity contribution in [2.45, 2.75) is 26.2 Å². The Morgan fingerprint density at radius 2 is 2.00 bits per heavy atom. The molecule has 154 valence electrons. The first-order valence-electron chi connectivity index (χ1n) is 10.1. The van der Waals surface area contributed by atoms with E-state index in [1.54, 1.807) is 6.08 Å². The van der Waals surface area contributed by atoms with E-state index in [1.807, 2.05) is 53.2 Å². The number of carbonyl (C=O) groups is 1. The highest BCUT2D eigenvalue weighted by Gasteiger charge is 2.14. The lowest BCUT2D eigenvalue weighted by Gasteiger charge is -2.11. The number of nitrogens with zero attached hydrogens (tertiary/aromatic N) is 4. The van der Waals surface area contributed by atoms with Gasteiger partial charge in [0.1, 0.15) is 16.6 Å². The molecule has 0 aliphatic heterocycles. The van der Waals surface area contributed by atoms with Crippen LogP contribution >= 0.6 is 11.3 Å². The second-order valence-electron chi connectivity index (χ2n) is 7.03. The van der Waals surface area contributed by atoms with Crippen molar-refractivity contribution in [2.24, 2.45) is 0 Å². The molecule has 0 saturated heterocycles. The number of hydrogen-bond donors (Lipinski definition) is 1. The third kappa shape index (κ3) is 4.55. The second-order valence-corrected chi connectivity index (χ2v) is 8.09. The molecule has 4 rings (SSSR count). The predicted octanol–water partition coefficient (Wildman–Crippen LogP) is 5.37. The van der Waals surface area contributed by atoms with Crippen molar-refractivity contribution in [1.29, 1.82) is 5.26 Å². The van der Waals surface area contributed by atoms with Crippen LogP contribution in [0.5, 0.6) is 0 Å². The summed E-state index contributed by atoms with van der Waals surface area (Å²) in [6.07, 6.45) is 6.45. The van der Waals surface area contributed by atoms with Gasteiger partial charge in [-0.05, 0) is 36.1 Å². The van der Waals surface area contributed by atoms with Crippen molar-refractivity contribution in [2.75, 3.05) is 5.32 Å². The van der Waals surface area contributed by atoms with E-state index in [4.69, 9.17) is 0 Å². The van der Waals surface area contributed by atoms with Crippen LogP contribution in [0.1, 0.15) is 30.5 Å². The molecule has 0 fully saturated rings. The van der Waals surface area contributed by atoms with Crippen LogP contribution < -0.4 is 5.32 Å². The first kappa shape index (κ1) is 20.5. The standard InChI is InChI=1S/C24H21N5OS/c1-2-3-13-22-27-28-24(31-22)26-23(30)18(16-25)15-19-10-7-14-29(19)21-12-6-9-17-8-4-5-11-20(17)21/h4-12,14-15H,2-3,13H2,1H3,(H,26,28,30)/b18-15-. The number of benzene rings is 2. The van der Waals surface area contributed by atoms with Crippen LogP contribution in [0.25, 0.3) is 22.5 Å². The van der Waals surface area contributed by atoms with Crippen molar-refractivity contribution < 1.29 is 4.79 Å². The van der Waals surface area contributed by atoms with Crippen molar-refractivity contribution in [3.8, 4) is 11.8 Å². The maximum absolute atomic E-state index is 12.7. The van der Waals surface area contributed by atoms with E-state index < -0.39 is 5.91 Å². The maximum atomic E-state index is 12.7. The van der Waals surface area contributed by atoms with Gasteiger partial charge >= 0.3 is 0 Å². The van der Waals surface area contributed by atoms with E-state index in [0.29, 0.717) is 5.13 Å². The Kier molecular flexibility index (Phi) is 6.20. The summed E-state index contributed by atoms with van der Waals surface area (Å²) in [5, 5.41) is 23.9. The Morgan fingerprint density at radius 3 is 2.84 bits per heavy atom. The molecule has 0 aliphatic carbocycles. The zero-order valence-corrected chi connectivity index (χ0v) is 17.9. The number of amides is 1. The summed E-state index contributed by atoms with van der Waals surface area (Å²) in [5.41, 5.74) is 1.73. The van der Waals surface area contributed by atoms with Gasteiger partial charge in [-0.25, -0.2) is 0 Å². The predicted molar refractivity (Wildman–Crippen MR) is 124 cm³/mol. The van der Waals surface area contributed by atoms with Gasteiger partial charge in [0.15, 0.2) is 0 Å². The van der Waals surface area contributed by atoms with Crippen molar-refractivity contribution in [1.82, 2.24) is 14.8 Å². The molecule has 0 aliphatic rings. The SMILES string of the molecule is CCCCc1nnc(NC(=O)/C(C#N)=C\c2cccn2-c2cccc3ccccc23)s1. The Balaban J connectivity index is 1.61. The van der Waals surface area contributed by atoms with E-state index in [-0.39, 0.29) is 5.57 Å². The summed E-state index contributed by atoms with van der Waals surface area (Å²) in [6.45, 7) is 2.11. The monoisotopic (exact) mass is 427 g/mol. The van der Waals surface area contributed by atoms with Gasteiger partial charge in [-0.1, -0.05) is 61.1 Å². The Bertz CT molecular complexity index is 1290. The minimum Gasteiger partial charge on any atom is -0.317 e. The average Bonchev–Trinajstić information content (AvgIpc) is 3.44. The Morgan fingerprint density at radius 1 is 1.16 bits per heavy atom. The molecule has 0 radical (unpaired) electrons. The Hall–Kier alpha value is -3.76. The lowest BCUT2D eigenvalue weighted by Crippen LogP contribution is -2.13. The van der Waals surface area contributed by atoms with Crippen molar-refractivity contribution >= 4 is 39.2 Å². The summed E-state index contributed by atoms with van der Waals surface area (Å²) in [7, 11) is 0. The number of aryl methyl sites for hydroxylation is 1. The van der Waals surface area contributed by atoms with Crippen LogP contribution in [0.3, 0.4) is 0 Å². The van der Waals surface area contributed by atoms with Gasteiger partial charge in [-0.3, -0.25) is 10.1 Å².